The number of aromatic nitrogens is 2. The largest absolute Gasteiger partial charge is 0.486 e. The minimum atomic E-state index is -4.44. The van der Waals surface area contributed by atoms with Crippen LogP contribution >= 0.6 is 0 Å². The number of carbonyl (C=O) groups is 1. The van der Waals surface area contributed by atoms with E-state index < -0.39 is 11.7 Å². The maximum absolute atomic E-state index is 13.0. The summed E-state index contributed by atoms with van der Waals surface area (Å²) in [6.45, 7) is 1.18. The summed E-state index contributed by atoms with van der Waals surface area (Å²) in [4.78, 5) is 16.6. The Morgan fingerprint density at radius 3 is 2.58 bits per heavy atom. The van der Waals surface area contributed by atoms with Crippen LogP contribution in [-0.2, 0) is 17.4 Å². The number of fused-ring (bicyclic) bond motifs is 1. The maximum Gasteiger partial charge on any atom is 0.416 e. The number of ketones is 1. The summed E-state index contributed by atoms with van der Waals surface area (Å²) in [6, 6.07) is 16.9. The summed E-state index contributed by atoms with van der Waals surface area (Å²) in [6.07, 6.45) is -0.854. The van der Waals surface area contributed by atoms with Gasteiger partial charge in [0.05, 0.1) is 17.5 Å². The van der Waals surface area contributed by atoms with E-state index in [0.29, 0.717) is 11.3 Å². The molecule has 0 unspecified atom stereocenters. The Hall–Kier alpha value is -3.61. The number of ether oxygens (including phenoxy) is 1. The zero-order chi connectivity index (χ0) is 22.0. The van der Waals surface area contributed by atoms with E-state index in [9.17, 15) is 18.0 Å². The number of nitrogens with zero attached hydrogens (tertiary/aromatic N) is 2. The molecule has 0 aliphatic carbocycles. The highest BCUT2D eigenvalue weighted by atomic mass is 19.4. The van der Waals surface area contributed by atoms with E-state index >= 15 is 0 Å². The Kier molecular flexibility index (Phi) is 5.50. The van der Waals surface area contributed by atoms with Crippen molar-refractivity contribution in [2.24, 2.45) is 0 Å². The van der Waals surface area contributed by atoms with E-state index in [1.54, 1.807) is 18.3 Å². The summed E-state index contributed by atoms with van der Waals surface area (Å²) in [5.41, 5.74) is 2.44. The molecule has 0 saturated heterocycles. The second-order valence-electron chi connectivity index (χ2n) is 7.25. The number of imidazole rings is 1. The number of alkyl halides is 3. The Balaban J connectivity index is 1.39. The molecule has 7 heteroatoms. The van der Waals surface area contributed by atoms with Crippen LogP contribution in [0.3, 0.4) is 0 Å². The molecule has 0 fully saturated rings. The monoisotopic (exact) mass is 424 g/mol. The normalized spacial score (nSPS) is 11.6. The molecule has 0 saturated carbocycles. The van der Waals surface area contributed by atoms with Crippen molar-refractivity contribution in [3.8, 4) is 17.0 Å². The molecule has 0 N–H and O–H groups in total. The minimum absolute atomic E-state index is 0.122. The third-order valence-corrected chi connectivity index (χ3v) is 4.98. The zero-order valence-electron chi connectivity index (χ0n) is 16.7. The topological polar surface area (TPSA) is 43.6 Å². The summed E-state index contributed by atoms with van der Waals surface area (Å²) in [5, 5.41) is 0. The van der Waals surface area contributed by atoms with Gasteiger partial charge in [0.1, 0.15) is 18.0 Å². The molecule has 0 spiro atoms. The van der Waals surface area contributed by atoms with Gasteiger partial charge in [0, 0.05) is 18.2 Å². The van der Waals surface area contributed by atoms with E-state index in [0.717, 1.165) is 23.0 Å². The van der Waals surface area contributed by atoms with Crippen LogP contribution in [-0.4, -0.2) is 21.8 Å². The summed E-state index contributed by atoms with van der Waals surface area (Å²) in [7, 11) is 0. The number of halogens is 3. The first-order valence-corrected chi connectivity index (χ1v) is 9.65. The number of aryl methyl sites for hydroxylation is 1. The first-order valence-electron chi connectivity index (χ1n) is 9.65. The van der Waals surface area contributed by atoms with Gasteiger partial charge in [-0.25, -0.2) is 4.98 Å². The molecule has 4 aromatic rings. The molecule has 4 nitrogen and oxygen atoms in total. The van der Waals surface area contributed by atoms with Gasteiger partial charge in [-0.1, -0.05) is 18.2 Å². The highest BCUT2D eigenvalue weighted by Crippen LogP contribution is 2.32. The molecule has 0 amide bonds. The lowest BCUT2D eigenvalue weighted by Crippen LogP contribution is -2.15. The molecule has 0 bridgehead atoms. The molecule has 2 heterocycles. The van der Waals surface area contributed by atoms with Crippen molar-refractivity contribution in [1.29, 1.82) is 0 Å². The summed E-state index contributed by atoms with van der Waals surface area (Å²) < 4.78 is 46.6. The van der Waals surface area contributed by atoms with Crippen molar-refractivity contribution in [1.82, 2.24) is 9.38 Å². The average Bonchev–Trinajstić information content (AvgIpc) is 3.17. The lowest BCUT2D eigenvalue weighted by molar-refractivity contribution is -0.138. The molecule has 0 aliphatic rings. The van der Waals surface area contributed by atoms with Crippen LogP contribution in [0.5, 0.6) is 5.75 Å². The molecule has 2 aromatic carbocycles. The smallest absolute Gasteiger partial charge is 0.416 e. The van der Waals surface area contributed by atoms with Crippen LogP contribution in [0.2, 0.25) is 0 Å². The van der Waals surface area contributed by atoms with Gasteiger partial charge in [-0.2, -0.15) is 13.2 Å². The number of hydrogen-bond donors (Lipinski definition) is 0. The van der Waals surface area contributed by atoms with Crippen LogP contribution in [0.1, 0.15) is 16.7 Å². The third-order valence-electron chi connectivity index (χ3n) is 4.98. The number of rotatable bonds is 6. The quantitative estimate of drug-likeness (QED) is 0.409. The second kappa shape index (κ2) is 8.26. The highest BCUT2D eigenvalue weighted by Gasteiger charge is 2.32. The minimum Gasteiger partial charge on any atom is -0.486 e. The van der Waals surface area contributed by atoms with Gasteiger partial charge in [0.2, 0.25) is 0 Å². The van der Waals surface area contributed by atoms with E-state index in [-0.39, 0.29) is 24.4 Å². The Morgan fingerprint density at radius 1 is 1.06 bits per heavy atom. The Morgan fingerprint density at radius 2 is 1.84 bits per heavy atom. The van der Waals surface area contributed by atoms with Gasteiger partial charge >= 0.3 is 6.18 Å². The van der Waals surface area contributed by atoms with E-state index in [2.05, 4.69) is 4.98 Å². The van der Waals surface area contributed by atoms with Crippen molar-refractivity contribution < 1.29 is 22.7 Å². The fourth-order valence-corrected chi connectivity index (χ4v) is 3.40. The molecule has 0 atom stereocenters. The lowest BCUT2D eigenvalue weighted by Gasteiger charge is -2.12. The van der Waals surface area contributed by atoms with Crippen molar-refractivity contribution in [3.63, 3.8) is 0 Å². The van der Waals surface area contributed by atoms with Crippen molar-refractivity contribution in [3.05, 3.63) is 89.7 Å². The van der Waals surface area contributed by atoms with Gasteiger partial charge < -0.3 is 4.74 Å². The third kappa shape index (κ3) is 4.60. The van der Waals surface area contributed by atoms with Crippen LogP contribution in [0.4, 0.5) is 13.2 Å². The van der Waals surface area contributed by atoms with Gasteiger partial charge in [-0.05, 0) is 60.5 Å². The van der Waals surface area contributed by atoms with Crippen LogP contribution in [0, 0.1) is 6.92 Å². The zero-order valence-corrected chi connectivity index (χ0v) is 16.7. The van der Waals surface area contributed by atoms with Gasteiger partial charge in [0.15, 0.2) is 5.78 Å². The molecule has 158 valence electrons. The second-order valence-corrected chi connectivity index (χ2v) is 7.25. The van der Waals surface area contributed by atoms with Crippen LogP contribution in [0.15, 0.2) is 73.1 Å². The summed E-state index contributed by atoms with van der Waals surface area (Å²) >= 11 is 0. The van der Waals surface area contributed by atoms with Crippen LogP contribution in [0.25, 0.3) is 16.9 Å². The number of pyridine rings is 1. The fourth-order valence-electron chi connectivity index (χ4n) is 3.40. The molecular weight excluding hydrogens is 405 g/mol. The van der Waals surface area contributed by atoms with Crippen molar-refractivity contribution >= 4 is 11.4 Å². The predicted molar refractivity (Wildman–Crippen MR) is 111 cm³/mol. The number of Topliss-reactive ketones (excluding diaryl/α,β-unsaturated/α-hetero) is 1. The van der Waals surface area contributed by atoms with Crippen LogP contribution < -0.4 is 4.74 Å². The molecule has 4 rings (SSSR count). The predicted octanol–water partition coefficient (Wildman–Crippen LogP) is 5.52. The molecule has 0 aliphatic heterocycles. The van der Waals surface area contributed by atoms with E-state index in [1.807, 2.05) is 40.9 Å². The van der Waals surface area contributed by atoms with Crippen molar-refractivity contribution in [2.45, 2.75) is 19.5 Å². The number of benzene rings is 2. The molecular formula is C24H19F3N2O2. The molecule has 2 aromatic heterocycles. The van der Waals surface area contributed by atoms with Gasteiger partial charge in [-0.15, -0.1) is 0 Å². The van der Waals surface area contributed by atoms with E-state index in [1.165, 1.54) is 19.1 Å². The lowest BCUT2D eigenvalue weighted by atomic mass is 10.0. The van der Waals surface area contributed by atoms with E-state index in [4.69, 9.17) is 4.74 Å². The van der Waals surface area contributed by atoms with Gasteiger partial charge in [-0.3, -0.25) is 9.20 Å². The SMILES string of the molecule is Cc1ccc(CC(=O)COc2ccc(-c3cnc4ccccn34)cc2)cc1C(F)(F)F. The Labute approximate surface area is 176 Å². The fraction of sp³-hybridized carbons (Fsp3) is 0.167. The molecule has 0 radical (unpaired) electrons. The summed E-state index contributed by atoms with van der Waals surface area (Å²) in [5.74, 6) is 0.202. The first-order chi connectivity index (χ1) is 14.8. The number of hydrogen-bond acceptors (Lipinski definition) is 3. The average molecular weight is 424 g/mol. The highest BCUT2D eigenvalue weighted by molar-refractivity contribution is 5.82. The number of carbonyl (C=O) groups excluding carboxylic acids is 1. The first kappa shape index (κ1) is 20.7. The van der Waals surface area contributed by atoms with Crippen molar-refractivity contribution in [2.75, 3.05) is 6.61 Å². The standard InChI is InChI=1S/C24H19F3N2O2/c1-16-5-6-17(13-21(16)24(25,26)27)12-19(30)15-31-20-9-7-18(8-10-20)22-14-28-23-4-2-3-11-29(22)23/h2-11,13-14H,12,15H2,1H3. The molecule has 31 heavy (non-hydrogen) atoms. The Bertz CT molecular complexity index is 1230. The van der Waals surface area contributed by atoms with Gasteiger partial charge in [0.25, 0.3) is 0 Å². The maximum atomic E-state index is 13.0.